The number of aliphatic hydroxyl groups excluding tert-OH is 2. The van der Waals surface area contributed by atoms with E-state index in [-0.39, 0.29) is 65.3 Å². The number of aliphatic carboxylic acids is 2. The van der Waals surface area contributed by atoms with E-state index in [0.717, 1.165) is 0 Å². The van der Waals surface area contributed by atoms with Gasteiger partial charge in [-0.25, -0.2) is 0 Å². The Bertz CT molecular complexity index is 147. The quantitative estimate of drug-likeness (QED) is 0.391. The van der Waals surface area contributed by atoms with Crippen LogP contribution < -0.4 is 75.5 Å². The number of hydrogen-bond acceptors (Lipinski definition) is 7. The molecule has 0 aliphatic heterocycles. The first-order chi connectivity index (χ1) is 4.46. The van der Waals surface area contributed by atoms with Gasteiger partial charge in [-0.3, -0.25) is 0 Å². The maximum atomic E-state index is 9.63. The first kappa shape index (κ1) is 23.6. The Morgan fingerprint density at radius 3 is 1.15 bits per heavy atom. The molecule has 0 spiro atoms. The van der Waals surface area contributed by atoms with Crippen molar-refractivity contribution in [1.82, 2.24) is 6.15 Å². The van der Waals surface area contributed by atoms with Gasteiger partial charge in [0.25, 0.3) is 0 Å². The average Bonchev–Trinajstić information content (AvgIpc) is 1.84. The zero-order valence-electron chi connectivity index (χ0n) is 7.39. The molecule has 7 nitrogen and oxygen atoms in total. The number of carbonyl (C=O) groups is 2. The topological polar surface area (TPSA) is 156 Å². The van der Waals surface area contributed by atoms with E-state index in [2.05, 4.69) is 0 Å². The molecular weight excluding hydrogens is 204 g/mol. The van der Waals surface area contributed by atoms with Gasteiger partial charge in [0.05, 0.1) is 11.9 Å². The molecule has 0 saturated carbocycles. The van der Waals surface area contributed by atoms with Gasteiger partial charge in [-0.05, 0) is 0 Å². The fourth-order valence-electron chi connectivity index (χ4n) is 0.258. The third-order valence-electron chi connectivity index (χ3n) is 0.782. The molecule has 0 saturated heterocycles. The number of hydrogen-bond donors (Lipinski definition) is 3. The van der Waals surface area contributed by atoms with Crippen LogP contribution in [0.25, 0.3) is 0 Å². The summed E-state index contributed by atoms with van der Waals surface area (Å²) in [6.07, 6.45) is -4.88. The van der Waals surface area contributed by atoms with Crippen molar-refractivity contribution < 1.29 is 89.1 Å². The van der Waals surface area contributed by atoms with Crippen molar-refractivity contribution in [2.24, 2.45) is 0 Å². The van der Waals surface area contributed by atoms with Gasteiger partial charge in [-0.2, -0.15) is 0 Å². The number of carboxylic acids is 2. The summed E-state index contributed by atoms with van der Waals surface area (Å²) in [6.45, 7) is 0. The van der Waals surface area contributed by atoms with Crippen LogP contribution in [-0.2, 0) is 9.59 Å². The SMILES string of the molecule is N.O=C([O-])C(O)C(O)C(=O)[O-].[Na+].[Na+]. The van der Waals surface area contributed by atoms with Gasteiger partial charge in [0.2, 0.25) is 0 Å². The van der Waals surface area contributed by atoms with Crippen molar-refractivity contribution in [2.45, 2.75) is 12.2 Å². The summed E-state index contributed by atoms with van der Waals surface area (Å²) < 4.78 is 0. The second-order valence-corrected chi connectivity index (χ2v) is 1.53. The zero-order chi connectivity index (χ0) is 8.31. The van der Waals surface area contributed by atoms with Gasteiger partial charge in [0, 0.05) is 0 Å². The average molecular weight is 211 g/mol. The van der Waals surface area contributed by atoms with Gasteiger partial charge < -0.3 is 36.2 Å². The molecule has 0 heterocycles. The maximum absolute atomic E-state index is 9.63. The van der Waals surface area contributed by atoms with E-state index in [0.29, 0.717) is 0 Å². The van der Waals surface area contributed by atoms with Crippen LogP contribution in [0.4, 0.5) is 0 Å². The van der Waals surface area contributed by atoms with Crippen LogP contribution in [-0.4, -0.2) is 34.4 Å². The van der Waals surface area contributed by atoms with E-state index in [1.165, 1.54) is 0 Å². The molecule has 9 heteroatoms. The van der Waals surface area contributed by atoms with Gasteiger partial charge in [0.1, 0.15) is 12.2 Å². The molecule has 0 fully saturated rings. The normalized spacial score (nSPS) is 12.2. The standard InChI is InChI=1S/C4H6O6.H3N.2Na/c5-1(3(7)8)2(6)4(9)10;;;/h1-2,5-6H,(H,7,8)(H,9,10);1H3;;/q;;2*+1/p-2. The number of aliphatic hydroxyl groups is 2. The van der Waals surface area contributed by atoms with Crippen molar-refractivity contribution in [3.63, 3.8) is 0 Å². The van der Waals surface area contributed by atoms with Gasteiger partial charge >= 0.3 is 59.1 Å². The van der Waals surface area contributed by atoms with Crippen molar-refractivity contribution in [2.75, 3.05) is 0 Å². The number of carbonyl (C=O) groups excluding carboxylic acids is 2. The Morgan fingerprint density at radius 1 is 0.923 bits per heavy atom. The molecule has 2 atom stereocenters. The molecule has 13 heavy (non-hydrogen) atoms. The van der Waals surface area contributed by atoms with Crippen LogP contribution in [0.5, 0.6) is 0 Å². The predicted molar refractivity (Wildman–Crippen MR) is 27.0 cm³/mol. The number of carboxylic acid groups (broad SMARTS) is 2. The minimum atomic E-state index is -2.44. The Morgan fingerprint density at radius 2 is 1.08 bits per heavy atom. The van der Waals surface area contributed by atoms with Crippen molar-refractivity contribution in [3.05, 3.63) is 0 Å². The van der Waals surface area contributed by atoms with Crippen LogP contribution in [0.3, 0.4) is 0 Å². The summed E-state index contributed by atoms with van der Waals surface area (Å²) in [5.41, 5.74) is 0. The fraction of sp³-hybridized carbons (Fsp3) is 0.500. The Kier molecular flexibility index (Phi) is 19.7. The van der Waals surface area contributed by atoms with Crippen molar-refractivity contribution in [1.29, 1.82) is 0 Å². The molecule has 0 aromatic heterocycles. The summed E-state index contributed by atoms with van der Waals surface area (Å²) in [5.74, 6) is -4.12. The summed E-state index contributed by atoms with van der Waals surface area (Å²) >= 11 is 0. The minimum Gasteiger partial charge on any atom is -0.547 e. The Balaban J connectivity index is -0.000000135. The molecule has 0 rings (SSSR count). The molecule has 0 aliphatic rings. The molecule has 0 bridgehead atoms. The van der Waals surface area contributed by atoms with Crippen LogP contribution in [0, 0.1) is 0 Å². The molecule has 2 unspecified atom stereocenters. The fourth-order valence-corrected chi connectivity index (χ4v) is 0.258. The van der Waals surface area contributed by atoms with Crippen LogP contribution >= 0.6 is 0 Å². The van der Waals surface area contributed by atoms with Crippen LogP contribution in [0.2, 0.25) is 0 Å². The molecule has 0 aromatic rings. The summed E-state index contributed by atoms with van der Waals surface area (Å²) in [5, 5.41) is 35.7. The zero-order valence-corrected chi connectivity index (χ0v) is 11.4. The molecular formula is C4H7NNa2O6. The van der Waals surface area contributed by atoms with Crippen LogP contribution in [0.1, 0.15) is 0 Å². The monoisotopic (exact) mass is 211 g/mol. The maximum Gasteiger partial charge on any atom is 1.00 e. The van der Waals surface area contributed by atoms with E-state index in [1.807, 2.05) is 0 Å². The third-order valence-corrected chi connectivity index (χ3v) is 0.782. The van der Waals surface area contributed by atoms with Gasteiger partial charge in [0.15, 0.2) is 0 Å². The van der Waals surface area contributed by atoms with E-state index >= 15 is 0 Å². The van der Waals surface area contributed by atoms with Crippen molar-refractivity contribution in [3.8, 4) is 0 Å². The molecule has 5 N–H and O–H groups in total. The largest absolute Gasteiger partial charge is 1.00 e. The summed E-state index contributed by atoms with van der Waals surface area (Å²) in [6, 6.07) is 0. The second-order valence-electron chi connectivity index (χ2n) is 1.53. The molecule has 0 amide bonds. The van der Waals surface area contributed by atoms with Crippen LogP contribution in [0.15, 0.2) is 0 Å². The predicted octanol–water partition coefficient (Wildman–Crippen LogP) is -10.6. The van der Waals surface area contributed by atoms with Gasteiger partial charge in [-0.1, -0.05) is 0 Å². The smallest absolute Gasteiger partial charge is 0.547 e. The first-order valence-electron chi connectivity index (χ1n) is 2.24. The molecule has 0 radical (unpaired) electrons. The molecule has 0 aromatic carbocycles. The number of rotatable bonds is 3. The first-order valence-corrected chi connectivity index (χ1v) is 2.24. The summed E-state index contributed by atoms with van der Waals surface area (Å²) in [7, 11) is 0. The van der Waals surface area contributed by atoms with Crippen molar-refractivity contribution >= 4 is 11.9 Å². The molecule has 66 valence electrons. The Hall–Kier alpha value is 0.820. The van der Waals surface area contributed by atoms with E-state index in [4.69, 9.17) is 10.2 Å². The van der Waals surface area contributed by atoms with E-state index in [9.17, 15) is 19.8 Å². The summed E-state index contributed by atoms with van der Waals surface area (Å²) in [4.78, 5) is 19.3. The van der Waals surface area contributed by atoms with Gasteiger partial charge in [-0.15, -0.1) is 0 Å². The Labute approximate surface area is 118 Å². The molecule has 0 aliphatic carbocycles. The minimum absolute atomic E-state index is 0. The second kappa shape index (κ2) is 10.9. The third kappa shape index (κ3) is 9.13. The van der Waals surface area contributed by atoms with E-state index in [1.54, 1.807) is 0 Å². The van der Waals surface area contributed by atoms with E-state index < -0.39 is 24.1 Å².